The second-order valence-corrected chi connectivity index (χ2v) is 4.38. The third-order valence-electron chi connectivity index (χ3n) is 3.34. The quantitative estimate of drug-likeness (QED) is 0.814. The molecule has 0 aromatic carbocycles. The predicted octanol–water partition coefficient (Wildman–Crippen LogP) is 1.77. The van der Waals surface area contributed by atoms with Gasteiger partial charge in [-0.25, -0.2) is 4.98 Å². The maximum atomic E-state index is 5.71. The van der Waals surface area contributed by atoms with Crippen molar-refractivity contribution in [3.8, 4) is 0 Å². The number of nitrogens with two attached hydrogens (primary N) is 1. The lowest BCUT2D eigenvalue weighted by atomic mass is 10.1. The summed E-state index contributed by atoms with van der Waals surface area (Å²) in [6.45, 7) is 2.83. The monoisotopic (exact) mass is 205 g/mol. The molecule has 1 aliphatic carbocycles. The minimum atomic E-state index is 0.560. The molecule has 1 aliphatic rings. The minimum absolute atomic E-state index is 0.560. The van der Waals surface area contributed by atoms with Crippen LogP contribution in [0.5, 0.6) is 0 Å². The van der Waals surface area contributed by atoms with E-state index >= 15 is 0 Å². The second-order valence-electron chi connectivity index (χ2n) is 4.38. The van der Waals surface area contributed by atoms with Gasteiger partial charge in [0.05, 0.1) is 0 Å². The summed E-state index contributed by atoms with van der Waals surface area (Å²) in [7, 11) is 2.12. The third kappa shape index (κ3) is 2.12. The number of pyridine rings is 1. The van der Waals surface area contributed by atoms with Gasteiger partial charge in [0.2, 0.25) is 0 Å². The second kappa shape index (κ2) is 4.19. The van der Waals surface area contributed by atoms with Crippen molar-refractivity contribution in [1.29, 1.82) is 0 Å². The van der Waals surface area contributed by atoms with E-state index in [-0.39, 0.29) is 0 Å². The largest absolute Gasteiger partial charge is 0.356 e. The molecule has 1 unspecified atom stereocenters. The minimum Gasteiger partial charge on any atom is -0.356 e. The van der Waals surface area contributed by atoms with Crippen molar-refractivity contribution in [3.05, 3.63) is 23.9 Å². The summed E-state index contributed by atoms with van der Waals surface area (Å²) in [5.74, 6) is 1.89. The maximum Gasteiger partial charge on any atom is 0.132 e. The van der Waals surface area contributed by atoms with Crippen LogP contribution in [0.3, 0.4) is 0 Å². The topological polar surface area (TPSA) is 42.2 Å². The average molecular weight is 205 g/mol. The molecule has 1 atom stereocenters. The molecule has 2 N–H and O–H groups in total. The summed E-state index contributed by atoms with van der Waals surface area (Å²) in [6, 6.07) is 4.57. The first-order valence-electron chi connectivity index (χ1n) is 5.61. The van der Waals surface area contributed by atoms with Crippen LogP contribution >= 0.6 is 0 Å². The Balaban J connectivity index is 2.19. The van der Waals surface area contributed by atoms with Crippen LogP contribution in [0.4, 0.5) is 5.82 Å². The Labute approximate surface area is 91.3 Å². The van der Waals surface area contributed by atoms with E-state index in [1.807, 2.05) is 12.3 Å². The molecule has 1 aromatic rings. The first-order chi connectivity index (χ1) is 7.24. The molecule has 3 heteroatoms. The standard InChI is InChI=1S/C12H19N3/c1-9(10-5-6-10)15(2)12-11(8-13)4-3-7-14-12/h3-4,7,9-10H,5-6,8,13H2,1-2H3. The highest BCUT2D eigenvalue weighted by atomic mass is 15.2. The first kappa shape index (κ1) is 10.4. The van der Waals surface area contributed by atoms with Crippen molar-refractivity contribution in [1.82, 2.24) is 4.98 Å². The Morgan fingerprint density at radius 2 is 2.33 bits per heavy atom. The molecule has 0 radical (unpaired) electrons. The van der Waals surface area contributed by atoms with E-state index in [1.54, 1.807) is 0 Å². The molecular weight excluding hydrogens is 186 g/mol. The van der Waals surface area contributed by atoms with Crippen LogP contribution in [0.15, 0.2) is 18.3 Å². The van der Waals surface area contributed by atoms with Crippen molar-refractivity contribution in [2.24, 2.45) is 11.7 Å². The van der Waals surface area contributed by atoms with Gasteiger partial charge in [0.15, 0.2) is 0 Å². The number of rotatable bonds is 4. The number of hydrogen-bond donors (Lipinski definition) is 1. The Morgan fingerprint density at radius 3 is 2.93 bits per heavy atom. The average Bonchev–Trinajstić information content (AvgIpc) is 3.11. The smallest absolute Gasteiger partial charge is 0.132 e. The molecule has 15 heavy (non-hydrogen) atoms. The van der Waals surface area contributed by atoms with Crippen molar-refractivity contribution in [3.63, 3.8) is 0 Å². The normalized spacial score (nSPS) is 17.5. The van der Waals surface area contributed by atoms with Gasteiger partial charge >= 0.3 is 0 Å². The van der Waals surface area contributed by atoms with E-state index in [4.69, 9.17) is 5.73 Å². The molecule has 0 saturated heterocycles. The van der Waals surface area contributed by atoms with E-state index in [9.17, 15) is 0 Å². The van der Waals surface area contributed by atoms with Crippen LogP contribution in [0, 0.1) is 5.92 Å². The lowest BCUT2D eigenvalue weighted by Gasteiger charge is -2.27. The summed E-state index contributed by atoms with van der Waals surface area (Å²) in [6.07, 6.45) is 4.55. The zero-order valence-electron chi connectivity index (χ0n) is 9.48. The summed E-state index contributed by atoms with van der Waals surface area (Å²) in [5, 5.41) is 0. The van der Waals surface area contributed by atoms with Gasteiger partial charge in [0.1, 0.15) is 5.82 Å². The summed E-state index contributed by atoms with van der Waals surface area (Å²) in [5.41, 5.74) is 6.85. The summed E-state index contributed by atoms with van der Waals surface area (Å²) >= 11 is 0. The molecule has 0 bridgehead atoms. The fourth-order valence-electron chi connectivity index (χ4n) is 1.99. The molecule has 0 aliphatic heterocycles. The molecule has 0 amide bonds. The van der Waals surface area contributed by atoms with Crippen LogP contribution in [-0.4, -0.2) is 18.1 Å². The van der Waals surface area contributed by atoms with Gasteiger partial charge in [-0.05, 0) is 31.7 Å². The molecule has 1 heterocycles. The molecule has 82 valence electrons. The van der Waals surface area contributed by atoms with Crippen molar-refractivity contribution >= 4 is 5.82 Å². The van der Waals surface area contributed by atoms with Gasteiger partial charge < -0.3 is 10.6 Å². The molecule has 1 fully saturated rings. The van der Waals surface area contributed by atoms with Gasteiger partial charge in [0, 0.05) is 31.4 Å². The molecule has 1 aromatic heterocycles. The third-order valence-corrected chi connectivity index (χ3v) is 3.34. The predicted molar refractivity (Wildman–Crippen MR) is 62.7 cm³/mol. The molecular formula is C12H19N3. The number of anilines is 1. The van der Waals surface area contributed by atoms with Gasteiger partial charge in [-0.3, -0.25) is 0 Å². The van der Waals surface area contributed by atoms with E-state index in [1.165, 1.54) is 12.8 Å². The number of aromatic nitrogens is 1. The molecule has 0 spiro atoms. The van der Waals surface area contributed by atoms with Crippen molar-refractivity contribution < 1.29 is 0 Å². The van der Waals surface area contributed by atoms with E-state index in [0.717, 1.165) is 17.3 Å². The van der Waals surface area contributed by atoms with E-state index in [0.29, 0.717) is 12.6 Å². The van der Waals surface area contributed by atoms with E-state index < -0.39 is 0 Å². The Bertz CT molecular complexity index is 333. The molecule has 2 rings (SSSR count). The summed E-state index contributed by atoms with van der Waals surface area (Å²) in [4.78, 5) is 6.69. The van der Waals surface area contributed by atoms with Gasteiger partial charge in [0.25, 0.3) is 0 Å². The zero-order chi connectivity index (χ0) is 10.8. The van der Waals surface area contributed by atoms with Gasteiger partial charge in [-0.1, -0.05) is 6.07 Å². The molecule has 1 saturated carbocycles. The number of hydrogen-bond acceptors (Lipinski definition) is 3. The van der Waals surface area contributed by atoms with E-state index in [2.05, 4.69) is 29.9 Å². The summed E-state index contributed by atoms with van der Waals surface area (Å²) < 4.78 is 0. The highest BCUT2D eigenvalue weighted by Gasteiger charge is 2.31. The fourth-order valence-corrected chi connectivity index (χ4v) is 1.99. The maximum absolute atomic E-state index is 5.71. The molecule has 3 nitrogen and oxygen atoms in total. The lowest BCUT2D eigenvalue weighted by molar-refractivity contribution is 0.601. The Hall–Kier alpha value is -1.09. The Morgan fingerprint density at radius 1 is 1.60 bits per heavy atom. The van der Waals surface area contributed by atoms with Gasteiger partial charge in [-0.2, -0.15) is 0 Å². The van der Waals surface area contributed by atoms with Crippen LogP contribution in [-0.2, 0) is 6.54 Å². The fraction of sp³-hybridized carbons (Fsp3) is 0.583. The van der Waals surface area contributed by atoms with Crippen LogP contribution in [0.1, 0.15) is 25.3 Å². The Kier molecular flexibility index (Phi) is 2.91. The zero-order valence-corrected chi connectivity index (χ0v) is 9.48. The highest BCUT2D eigenvalue weighted by Crippen LogP contribution is 2.36. The lowest BCUT2D eigenvalue weighted by Crippen LogP contribution is -2.32. The van der Waals surface area contributed by atoms with Crippen LogP contribution < -0.4 is 10.6 Å². The van der Waals surface area contributed by atoms with Gasteiger partial charge in [-0.15, -0.1) is 0 Å². The first-order valence-corrected chi connectivity index (χ1v) is 5.61. The highest BCUT2D eigenvalue weighted by molar-refractivity contribution is 5.47. The number of nitrogens with zero attached hydrogens (tertiary/aromatic N) is 2. The van der Waals surface area contributed by atoms with Crippen molar-refractivity contribution in [2.45, 2.75) is 32.4 Å². The van der Waals surface area contributed by atoms with Crippen LogP contribution in [0.2, 0.25) is 0 Å². The van der Waals surface area contributed by atoms with Crippen LogP contribution in [0.25, 0.3) is 0 Å². The SMILES string of the molecule is CC(C1CC1)N(C)c1ncccc1CN. The van der Waals surface area contributed by atoms with Crippen molar-refractivity contribution in [2.75, 3.05) is 11.9 Å².